The van der Waals surface area contributed by atoms with Crippen molar-refractivity contribution in [3.8, 4) is 0 Å². The van der Waals surface area contributed by atoms with Crippen molar-refractivity contribution in [3.63, 3.8) is 0 Å². The molecule has 94 valence electrons. The third kappa shape index (κ3) is 5.18. The molecule has 0 aromatic heterocycles. The first-order valence-corrected chi connectivity index (χ1v) is 6.92. The van der Waals surface area contributed by atoms with Gasteiger partial charge in [0.1, 0.15) is 0 Å². The quantitative estimate of drug-likeness (QED) is 0.726. The zero-order valence-electron chi connectivity index (χ0n) is 9.91. The number of amides is 1. The summed E-state index contributed by atoms with van der Waals surface area (Å²) in [6.07, 6.45) is 4.03. The normalized spacial score (nSPS) is 22.8. The highest BCUT2D eigenvalue weighted by atomic mass is 32.2. The van der Waals surface area contributed by atoms with Gasteiger partial charge in [0.05, 0.1) is 12.5 Å². The van der Waals surface area contributed by atoms with Crippen LogP contribution in [0.3, 0.4) is 0 Å². The van der Waals surface area contributed by atoms with E-state index in [1.165, 1.54) is 25.0 Å². The highest BCUT2D eigenvalue weighted by Crippen LogP contribution is 2.24. The number of carbonyl (C=O) groups is 1. The van der Waals surface area contributed by atoms with Gasteiger partial charge in [-0.05, 0) is 18.6 Å². The lowest BCUT2D eigenvalue weighted by atomic mass is 10.2. The maximum absolute atomic E-state index is 11.6. The molecule has 0 saturated carbocycles. The predicted molar refractivity (Wildman–Crippen MR) is 67.6 cm³/mol. The van der Waals surface area contributed by atoms with E-state index in [1.54, 1.807) is 7.11 Å². The van der Waals surface area contributed by atoms with Crippen LogP contribution in [0.25, 0.3) is 0 Å². The SMILES string of the molecule is COC(CN)CC(=O)NCC1CCCCS1. The topological polar surface area (TPSA) is 64.3 Å². The van der Waals surface area contributed by atoms with Crippen molar-refractivity contribution in [3.05, 3.63) is 0 Å². The van der Waals surface area contributed by atoms with Crippen LogP contribution in [-0.4, -0.2) is 43.2 Å². The first kappa shape index (κ1) is 13.8. The van der Waals surface area contributed by atoms with Crippen molar-refractivity contribution < 1.29 is 9.53 Å². The van der Waals surface area contributed by atoms with E-state index in [9.17, 15) is 4.79 Å². The first-order chi connectivity index (χ1) is 7.76. The number of rotatable bonds is 6. The largest absolute Gasteiger partial charge is 0.380 e. The minimum Gasteiger partial charge on any atom is -0.380 e. The second kappa shape index (κ2) is 7.92. The lowest BCUT2D eigenvalue weighted by Crippen LogP contribution is -2.36. The Kier molecular flexibility index (Phi) is 6.84. The zero-order valence-corrected chi connectivity index (χ0v) is 10.7. The van der Waals surface area contributed by atoms with Gasteiger partial charge in [-0.2, -0.15) is 11.8 Å². The van der Waals surface area contributed by atoms with E-state index in [-0.39, 0.29) is 12.0 Å². The summed E-state index contributed by atoms with van der Waals surface area (Å²) in [6, 6.07) is 0. The van der Waals surface area contributed by atoms with E-state index in [4.69, 9.17) is 10.5 Å². The van der Waals surface area contributed by atoms with Gasteiger partial charge in [-0.25, -0.2) is 0 Å². The molecule has 0 bridgehead atoms. The molecule has 1 fully saturated rings. The number of hydrogen-bond donors (Lipinski definition) is 2. The summed E-state index contributed by atoms with van der Waals surface area (Å²) in [6.45, 7) is 1.17. The van der Waals surface area contributed by atoms with Gasteiger partial charge in [0.25, 0.3) is 0 Å². The molecule has 1 amide bonds. The molecule has 0 aromatic rings. The number of ether oxygens (including phenoxy) is 1. The van der Waals surface area contributed by atoms with Crippen LogP contribution < -0.4 is 11.1 Å². The van der Waals surface area contributed by atoms with Crippen molar-refractivity contribution >= 4 is 17.7 Å². The monoisotopic (exact) mass is 246 g/mol. The number of carbonyl (C=O) groups excluding carboxylic acids is 1. The van der Waals surface area contributed by atoms with Gasteiger partial charge < -0.3 is 15.8 Å². The molecule has 1 aliphatic rings. The van der Waals surface area contributed by atoms with Crippen LogP contribution in [0, 0.1) is 0 Å². The van der Waals surface area contributed by atoms with E-state index in [0.717, 1.165) is 6.54 Å². The molecule has 2 atom stereocenters. The molecule has 0 aromatic carbocycles. The van der Waals surface area contributed by atoms with Crippen LogP contribution in [0.5, 0.6) is 0 Å². The number of methoxy groups -OCH3 is 1. The van der Waals surface area contributed by atoms with E-state index in [2.05, 4.69) is 5.32 Å². The Morgan fingerprint density at radius 3 is 3.00 bits per heavy atom. The minimum absolute atomic E-state index is 0.0449. The average molecular weight is 246 g/mol. The van der Waals surface area contributed by atoms with Crippen LogP contribution >= 0.6 is 11.8 Å². The predicted octanol–water partition coefficient (Wildman–Crippen LogP) is 0.752. The van der Waals surface area contributed by atoms with E-state index in [1.807, 2.05) is 11.8 Å². The Hall–Kier alpha value is -0.260. The van der Waals surface area contributed by atoms with Gasteiger partial charge in [-0.1, -0.05) is 6.42 Å². The van der Waals surface area contributed by atoms with Crippen LogP contribution in [0.4, 0.5) is 0 Å². The molecule has 0 aliphatic carbocycles. The van der Waals surface area contributed by atoms with Crippen LogP contribution in [0.15, 0.2) is 0 Å². The summed E-state index contributed by atoms with van der Waals surface area (Å²) in [4.78, 5) is 11.6. The fourth-order valence-corrected chi connectivity index (χ4v) is 2.98. The van der Waals surface area contributed by atoms with Crippen molar-refractivity contribution in [1.29, 1.82) is 0 Å². The summed E-state index contributed by atoms with van der Waals surface area (Å²) in [7, 11) is 1.59. The molecule has 3 N–H and O–H groups in total. The van der Waals surface area contributed by atoms with Gasteiger partial charge >= 0.3 is 0 Å². The second-order valence-electron chi connectivity index (χ2n) is 4.09. The molecule has 1 saturated heterocycles. The summed E-state index contributed by atoms with van der Waals surface area (Å²) >= 11 is 1.96. The Bertz CT molecular complexity index is 204. The fourth-order valence-electron chi connectivity index (χ4n) is 1.74. The van der Waals surface area contributed by atoms with Gasteiger partial charge in [-0.15, -0.1) is 0 Å². The van der Waals surface area contributed by atoms with Crippen molar-refractivity contribution in [2.24, 2.45) is 5.73 Å². The molecule has 1 rings (SSSR count). The standard InChI is InChI=1S/C11H22N2O2S/c1-15-9(7-12)6-11(14)13-8-10-4-2-3-5-16-10/h9-10H,2-8,12H2,1H3,(H,13,14). The van der Waals surface area contributed by atoms with Crippen molar-refractivity contribution in [2.75, 3.05) is 26.0 Å². The smallest absolute Gasteiger partial charge is 0.222 e. The van der Waals surface area contributed by atoms with Gasteiger partial charge in [0.15, 0.2) is 0 Å². The summed E-state index contributed by atoms with van der Waals surface area (Å²) in [5.41, 5.74) is 5.46. The molecular weight excluding hydrogens is 224 g/mol. The molecule has 16 heavy (non-hydrogen) atoms. The molecule has 5 heteroatoms. The van der Waals surface area contributed by atoms with E-state index in [0.29, 0.717) is 18.2 Å². The van der Waals surface area contributed by atoms with Gasteiger partial charge in [-0.3, -0.25) is 4.79 Å². The molecule has 1 heterocycles. The highest BCUT2D eigenvalue weighted by molar-refractivity contribution is 7.99. The van der Waals surface area contributed by atoms with E-state index >= 15 is 0 Å². The number of hydrogen-bond acceptors (Lipinski definition) is 4. The Morgan fingerprint density at radius 2 is 2.44 bits per heavy atom. The van der Waals surface area contributed by atoms with Gasteiger partial charge in [0.2, 0.25) is 5.91 Å². The molecule has 2 unspecified atom stereocenters. The number of nitrogens with one attached hydrogen (secondary N) is 1. The second-order valence-corrected chi connectivity index (χ2v) is 5.50. The molecule has 0 radical (unpaired) electrons. The Labute approximate surface area is 102 Å². The highest BCUT2D eigenvalue weighted by Gasteiger charge is 2.16. The summed E-state index contributed by atoms with van der Waals surface area (Å²) < 4.78 is 5.07. The Balaban J connectivity index is 2.13. The molecule has 1 aliphatic heterocycles. The third-order valence-corrected chi connectivity index (χ3v) is 4.21. The first-order valence-electron chi connectivity index (χ1n) is 5.87. The number of nitrogens with two attached hydrogens (primary N) is 1. The minimum atomic E-state index is -0.154. The molecule has 0 spiro atoms. The van der Waals surface area contributed by atoms with Crippen molar-refractivity contribution in [1.82, 2.24) is 5.32 Å². The van der Waals surface area contributed by atoms with E-state index < -0.39 is 0 Å². The zero-order chi connectivity index (χ0) is 11.8. The number of thioether (sulfide) groups is 1. The van der Waals surface area contributed by atoms with Crippen LogP contribution in [-0.2, 0) is 9.53 Å². The molecular formula is C11H22N2O2S. The average Bonchev–Trinajstić information content (AvgIpc) is 2.34. The van der Waals surface area contributed by atoms with Crippen LogP contribution in [0.2, 0.25) is 0 Å². The van der Waals surface area contributed by atoms with Crippen molar-refractivity contribution in [2.45, 2.75) is 37.0 Å². The lowest BCUT2D eigenvalue weighted by Gasteiger charge is -2.21. The fraction of sp³-hybridized carbons (Fsp3) is 0.909. The lowest BCUT2D eigenvalue weighted by molar-refractivity contribution is -0.123. The maximum atomic E-state index is 11.6. The molecule has 4 nitrogen and oxygen atoms in total. The third-order valence-electron chi connectivity index (χ3n) is 2.81. The Morgan fingerprint density at radius 1 is 1.62 bits per heavy atom. The van der Waals surface area contributed by atoms with Gasteiger partial charge in [0, 0.05) is 25.4 Å². The van der Waals surface area contributed by atoms with Crippen LogP contribution in [0.1, 0.15) is 25.7 Å². The summed E-state index contributed by atoms with van der Waals surface area (Å²) in [5, 5.41) is 3.55. The summed E-state index contributed by atoms with van der Waals surface area (Å²) in [5.74, 6) is 1.27. The maximum Gasteiger partial charge on any atom is 0.222 e.